The van der Waals surface area contributed by atoms with Crippen molar-refractivity contribution in [3.63, 3.8) is 0 Å². The van der Waals surface area contributed by atoms with E-state index < -0.39 is 0 Å². The van der Waals surface area contributed by atoms with Gasteiger partial charge >= 0.3 is 0 Å². The minimum Gasteiger partial charge on any atom is -0.326 e. The van der Waals surface area contributed by atoms with Crippen molar-refractivity contribution >= 4 is 23.2 Å². The maximum Gasteiger partial charge on any atom is 0.230 e. The number of hydrogen-bond acceptors (Lipinski definition) is 2. The van der Waals surface area contributed by atoms with Crippen LogP contribution in [0.1, 0.15) is 36.8 Å². The summed E-state index contributed by atoms with van der Waals surface area (Å²) in [5, 5.41) is 2.76. The number of anilines is 2. The average Bonchev–Trinajstić information content (AvgIpc) is 3.35. The van der Waals surface area contributed by atoms with E-state index in [1.54, 1.807) is 17.0 Å². The fraction of sp³-hybridized carbons (Fsp3) is 0.259. The first-order valence-electron chi connectivity index (χ1n) is 11.2. The van der Waals surface area contributed by atoms with Crippen LogP contribution in [0.3, 0.4) is 0 Å². The molecular formula is C27H26F2N2O2. The average molecular weight is 449 g/mol. The summed E-state index contributed by atoms with van der Waals surface area (Å²) in [6.07, 6.45) is 3.96. The second-order valence-corrected chi connectivity index (χ2v) is 8.43. The van der Waals surface area contributed by atoms with Gasteiger partial charge in [-0.3, -0.25) is 9.59 Å². The van der Waals surface area contributed by atoms with Crippen molar-refractivity contribution in [2.45, 2.75) is 38.6 Å². The lowest BCUT2D eigenvalue weighted by Crippen LogP contribution is -2.35. The lowest BCUT2D eigenvalue weighted by molar-refractivity contribution is -0.122. The molecule has 4 rings (SSSR count). The minimum atomic E-state index is -0.367. The van der Waals surface area contributed by atoms with Gasteiger partial charge in [0.05, 0.1) is 13.0 Å². The molecule has 6 heteroatoms. The second-order valence-electron chi connectivity index (χ2n) is 8.43. The number of nitrogens with one attached hydrogen (secondary N) is 1. The Balaban J connectivity index is 1.53. The van der Waals surface area contributed by atoms with Crippen LogP contribution in [0, 0.1) is 17.6 Å². The van der Waals surface area contributed by atoms with E-state index in [0.717, 1.165) is 36.8 Å². The predicted molar refractivity (Wildman–Crippen MR) is 125 cm³/mol. The van der Waals surface area contributed by atoms with Gasteiger partial charge in [0.15, 0.2) is 0 Å². The van der Waals surface area contributed by atoms with E-state index in [-0.39, 0.29) is 35.8 Å². The number of hydrogen-bond donors (Lipinski definition) is 1. The predicted octanol–water partition coefficient (Wildman–Crippen LogP) is 5.87. The number of carbonyl (C=O) groups excluding carboxylic acids is 2. The van der Waals surface area contributed by atoms with Crippen molar-refractivity contribution < 1.29 is 18.4 Å². The lowest BCUT2D eigenvalue weighted by atomic mass is 10.0. The van der Waals surface area contributed by atoms with Crippen molar-refractivity contribution in [1.29, 1.82) is 0 Å². The summed E-state index contributed by atoms with van der Waals surface area (Å²) in [7, 11) is 0. The van der Waals surface area contributed by atoms with E-state index >= 15 is 0 Å². The summed E-state index contributed by atoms with van der Waals surface area (Å²) >= 11 is 0. The van der Waals surface area contributed by atoms with Gasteiger partial charge in [-0.1, -0.05) is 37.1 Å². The summed E-state index contributed by atoms with van der Waals surface area (Å²) in [6.45, 7) is 0.334. The summed E-state index contributed by atoms with van der Waals surface area (Å²) in [5.74, 6) is -0.873. The van der Waals surface area contributed by atoms with Gasteiger partial charge in [-0.25, -0.2) is 8.78 Å². The molecule has 1 fully saturated rings. The van der Waals surface area contributed by atoms with Gasteiger partial charge in [0.25, 0.3) is 0 Å². The van der Waals surface area contributed by atoms with Gasteiger partial charge < -0.3 is 10.2 Å². The largest absolute Gasteiger partial charge is 0.326 e. The van der Waals surface area contributed by atoms with Gasteiger partial charge in [0.1, 0.15) is 11.6 Å². The van der Waals surface area contributed by atoms with Crippen LogP contribution in [0.4, 0.5) is 20.2 Å². The second kappa shape index (κ2) is 10.4. The SMILES string of the molecule is O=C(Cc1cccc(N(Cc2ccc(F)cc2)C(=O)C2CCCC2)c1)Nc1ccc(F)cc1. The number of benzene rings is 3. The van der Waals surface area contributed by atoms with Crippen molar-refractivity contribution in [2.24, 2.45) is 5.92 Å². The smallest absolute Gasteiger partial charge is 0.230 e. The molecule has 0 bridgehead atoms. The summed E-state index contributed by atoms with van der Waals surface area (Å²) < 4.78 is 26.4. The number of rotatable bonds is 7. The molecule has 0 heterocycles. The minimum absolute atomic E-state index is 0.0177. The highest BCUT2D eigenvalue weighted by Gasteiger charge is 2.28. The van der Waals surface area contributed by atoms with Crippen LogP contribution in [-0.4, -0.2) is 11.8 Å². The van der Waals surface area contributed by atoms with E-state index in [4.69, 9.17) is 0 Å². The van der Waals surface area contributed by atoms with E-state index in [1.807, 2.05) is 24.3 Å². The zero-order valence-corrected chi connectivity index (χ0v) is 18.3. The van der Waals surface area contributed by atoms with Crippen LogP contribution in [0.15, 0.2) is 72.8 Å². The number of nitrogens with zero attached hydrogens (tertiary/aromatic N) is 1. The number of carbonyl (C=O) groups is 2. The lowest BCUT2D eigenvalue weighted by Gasteiger charge is -2.26. The van der Waals surface area contributed by atoms with Crippen LogP contribution in [0.5, 0.6) is 0 Å². The topological polar surface area (TPSA) is 49.4 Å². The highest BCUT2D eigenvalue weighted by atomic mass is 19.1. The van der Waals surface area contributed by atoms with E-state index in [9.17, 15) is 18.4 Å². The summed E-state index contributed by atoms with van der Waals surface area (Å²) in [5.41, 5.74) is 2.83. The molecule has 170 valence electrons. The van der Waals surface area contributed by atoms with E-state index in [1.165, 1.54) is 36.4 Å². The molecule has 33 heavy (non-hydrogen) atoms. The summed E-state index contributed by atoms with van der Waals surface area (Å²) in [6, 6.07) is 19.1. The molecule has 1 saturated carbocycles. The molecule has 2 amide bonds. The molecule has 0 atom stereocenters. The molecule has 0 aromatic heterocycles. The third kappa shape index (κ3) is 6.04. The molecular weight excluding hydrogens is 422 g/mol. The zero-order valence-electron chi connectivity index (χ0n) is 18.3. The monoisotopic (exact) mass is 448 g/mol. The quantitative estimate of drug-likeness (QED) is 0.492. The Kier molecular flexibility index (Phi) is 7.13. The molecule has 1 aliphatic carbocycles. The van der Waals surface area contributed by atoms with Gasteiger partial charge in [0.2, 0.25) is 11.8 Å². The Labute approximate surface area is 192 Å². The summed E-state index contributed by atoms with van der Waals surface area (Å²) in [4.78, 5) is 27.6. The van der Waals surface area contributed by atoms with Crippen molar-refractivity contribution in [3.8, 4) is 0 Å². The third-order valence-corrected chi connectivity index (χ3v) is 5.94. The normalized spacial score (nSPS) is 13.6. The first-order chi connectivity index (χ1) is 16.0. The third-order valence-electron chi connectivity index (χ3n) is 5.94. The molecule has 0 radical (unpaired) electrons. The van der Waals surface area contributed by atoms with Crippen LogP contribution in [0.25, 0.3) is 0 Å². The molecule has 0 aliphatic heterocycles. The molecule has 0 saturated heterocycles. The van der Waals surface area contributed by atoms with Crippen LogP contribution in [-0.2, 0) is 22.6 Å². The molecule has 1 aliphatic rings. The molecule has 1 N–H and O–H groups in total. The molecule has 0 spiro atoms. The fourth-order valence-electron chi connectivity index (χ4n) is 4.22. The Morgan fingerprint density at radius 2 is 1.48 bits per heavy atom. The van der Waals surface area contributed by atoms with Gasteiger partial charge in [-0.2, -0.15) is 0 Å². The Bertz CT molecular complexity index is 1110. The Morgan fingerprint density at radius 1 is 0.848 bits per heavy atom. The Morgan fingerprint density at radius 3 is 2.15 bits per heavy atom. The highest BCUT2D eigenvalue weighted by Crippen LogP contribution is 2.30. The van der Waals surface area contributed by atoms with Crippen molar-refractivity contribution in [1.82, 2.24) is 0 Å². The zero-order chi connectivity index (χ0) is 23.2. The van der Waals surface area contributed by atoms with Gasteiger partial charge in [-0.15, -0.1) is 0 Å². The van der Waals surface area contributed by atoms with Gasteiger partial charge in [-0.05, 0) is 72.5 Å². The van der Waals surface area contributed by atoms with Crippen molar-refractivity contribution in [3.05, 3.63) is 95.6 Å². The molecule has 4 nitrogen and oxygen atoms in total. The standard InChI is InChI=1S/C27H26F2N2O2/c28-22-10-8-19(9-11-22)18-31(27(33)21-5-1-2-6-21)25-7-3-4-20(16-25)17-26(32)30-24-14-12-23(29)13-15-24/h3-4,7-16,21H,1-2,5-6,17-18H2,(H,30,32). The van der Waals surface area contributed by atoms with Crippen molar-refractivity contribution in [2.75, 3.05) is 10.2 Å². The first kappa shape index (κ1) is 22.6. The Hall–Kier alpha value is -3.54. The molecule has 3 aromatic carbocycles. The molecule has 3 aromatic rings. The van der Waals surface area contributed by atoms with Crippen LogP contribution >= 0.6 is 0 Å². The van der Waals surface area contributed by atoms with E-state index in [2.05, 4.69) is 5.32 Å². The maximum atomic E-state index is 13.4. The van der Waals surface area contributed by atoms with E-state index in [0.29, 0.717) is 17.9 Å². The highest BCUT2D eigenvalue weighted by molar-refractivity contribution is 5.96. The van der Waals surface area contributed by atoms with Gasteiger partial charge in [0, 0.05) is 17.3 Å². The van der Waals surface area contributed by atoms with Crippen LogP contribution < -0.4 is 10.2 Å². The molecule has 0 unspecified atom stereocenters. The first-order valence-corrected chi connectivity index (χ1v) is 11.2. The fourth-order valence-corrected chi connectivity index (χ4v) is 4.22. The number of amides is 2. The van der Waals surface area contributed by atoms with Crippen LogP contribution in [0.2, 0.25) is 0 Å². The number of halogens is 2. The maximum absolute atomic E-state index is 13.4.